The summed E-state index contributed by atoms with van der Waals surface area (Å²) in [6.45, 7) is 14.8. The number of aromatic nitrogens is 4. The van der Waals surface area contributed by atoms with Gasteiger partial charge in [-0.1, -0.05) is 6.92 Å². The van der Waals surface area contributed by atoms with Crippen LogP contribution in [0.3, 0.4) is 0 Å². The molecular weight excluding hydrogens is 406 g/mol. The van der Waals surface area contributed by atoms with E-state index in [2.05, 4.69) is 32.2 Å². The highest BCUT2D eigenvalue weighted by Crippen LogP contribution is 2.18. The number of piperazine rings is 1. The smallest absolute Gasteiger partial charge is 0.251 e. The fourth-order valence-corrected chi connectivity index (χ4v) is 3.97. The van der Waals surface area contributed by atoms with Crippen molar-refractivity contribution >= 4 is 11.8 Å². The van der Waals surface area contributed by atoms with Crippen LogP contribution in [-0.2, 0) is 16.0 Å². The maximum absolute atomic E-state index is 13.0. The lowest BCUT2D eigenvalue weighted by Gasteiger charge is -2.34. The summed E-state index contributed by atoms with van der Waals surface area (Å²) in [5.41, 5.74) is 4.40. The number of nitrogens with zero attached hydrogens (tertiary/aromatic N) is 6. The standard InChI is InChI=1S/C23H35N7O2/c1-7-15(2)24-21(31)14-28-8-10-29(11-9-28)22(32)13-20-18(5)27-30(19(20)6)23-25-16(3)12-17(4)26-23/h12,15H,7-11,13-14H2,1-6H3,(H,24,31). The third kappa shape index (κ3) is 5.70. The molecule has 2 amide bonds. The van der Waals surface area contributed by atoms with Crippen LogP contribution in [-0.4, -0.2) is 80.1 Å². The summed E-state index contributed by atoms with van der Waals surface area (Å²) in [5, 5.41) is 7.60. The van der Waals surface area contributed by atoms with E-state index in [1.54, 1.807) is 4.68 Å². The second-order valence-corrected chi connectivity index (χ2v) is 8.72. The molecule has 0 radical (unpaired) electrons. The second kappa shape index (κ2) is 10.2. The molecule has 0 aromatic carbocycles. The quantitative estimate of drug-likeness (QED) is 0.700. The van der Waals surface area contributed by atoms with E-state index in [1.807, 2.05) is 45.6 Å². The van der Waals surface area contributed by atoms with Crippen molar-refractivity contribution in [2.24, 2.45) is 0 Å². The third-order valence-corrected chi connectivity index (χ3v) is 6.04. The molecule has 2 aromatic rings. The van der Waals surface area contributed by atoms with Crippen molar-refractivity contribution in [2.75, 3.05) is 32.7 Å². The average Bonchev–Trinajstić information content (AvgIpc) is 3.01. The molecule has 0 saturated carbocycles. The summed E-state index contributed by atoms with van der Waals surface area (Å²) in [6.07, 6.45) is 1.22. The lowest BCUT2D eigenvalue weighted by molar-refractivity contribution is -0.132. The highest BCUT2D eigenvalue weighted by atomic mass is 16.2. The minimum atomic E-state index is 0.0476. The molecule has 1 aliphatic rings. The number of hydrogen-bond acceptors (Lipinski definition) is 6. The number of amides is 2. The summed E-state index contributed by atoms with van der Waals surface area (Å²) in [6, 6.07) is 2.11. The number of carbonyl (C=O) groups is 2. The minimum absolute atomic E-state index is 0.0476. The van der Waals surface area contributed by atoms with Gasteiger partial charge in [0.05, 0.1) is 18.7 Å². The van der Waals surface area contributed by atoms with Crippen molar-refractivity contribution in [3.63, 3.8) is 0 Å². The third-order valence-electron chi connectivity index (χ3n) is 6.04. The Bertz CT molecular complexity index is 957. The summed E-state index contributed by atoms with van der Waals surface area (Å²) in [5.74, 6) is 0.665. The Hall–Kier alpha value is -2.81. The van der Waals surface area contributed by atoms with Gasteiger partial charge in [0.25, 0.3) is 5.95 Å². The Labute approximate surface area is 190 Å². The molecule has 3 rings (SSSR count). The van der Waals surface area contributed by atoms with Gasteiger partial charge in [0.15, 0.2) is 0 Å². The molecule has 0 spiro atoms. The molecule has 0 aliphatic carbocycles. The van der Waals surface area contributed by atoms with Crippen molar-refractivity contribution in [1.29, 1.82) is 0 Å². The Morgan fingerprint density at radius 2 is 1.69 bits per heavy atom. The Morgan fingerprint density at radius 1 is 1.06 bits per heavy atom. The Balaban J connectivity index is 1.60. The average molecular weight is 442 g/mol. The summed E-state index contributed by atoms with van der Waals surface area (Å²) < 4.78 is 1.73. The first kappa shape index (κ1) is 23.8. The Morgan fingerprint density at radius 3 is 2.28 bits per heavy atom. The van der Waals surface area contributed by atoms with E-state index < -0.39 is 0 Å². The van der Waals surface area contributed by atoms with Gasteiger partial charge in [0.2, 0.25) is 11.8 Å². The summed E-state index contributed by atoms with van der Waals surface area (Å²) >= 11 is 0. The zero-order valence-corrected chi connectivity index (χ0v) is 20.1. The van der Waals surface area contributed by atoms with Crippen molar-refractivity contribution in [2.45, 2.75) is 60.4 Å². The van der Waals surface area contributed by atoms with Gasteiger partial charge in [-0.3, -0.25) is 14.5 Å². The molecule has 32 heavy (non-hydrogen) atoms. The van der Waals surface area contributed by atoms with Crippen LogP contribution in [0.15, 0.2) is 6.07 Å². The van der Waals surface area contributed by atoms with Crippen LogP contribution in [0.2, 0.25) is 0 Å². The molecule has 1 N–H and O–H groups in total. The largest absolute Gasteiger partial charge is 0.353 e. The van der Waals surface area contributed by atoms with Crippen molar-refractivity contribution in [1.82, 2.24) is 34.9 Å². The first-order chi connectivity index (χ1) is 15.2. The zero-order chi connectivity index (χ0) is 23.4. The molecule has 1 saturated heterocycles. The number of aryl methyl sites for hydroxylation is 3. The predicted molar refractivity (Wildman–Crippen MR) is 123 cm³/mol. The molecule has 174 valence electrons. The normalized spacial score (nSPS) is 15.6. The van der Waals surface area contributed by atoms with E-state index in [4.69, 9.17) is 0 Å². The first-order valence-electron chi connectivity index (χ1n) is 11.3. The molecule has 1 atom stereocenters. The molecule has 2 aromatic heterocycles. The van der Waals surface area contributed by atoms with Gasteiger partial charge < -0.3 is 10.2 Å². The lowest BCUT2D eigenvalue weighted by Crippen LogP contribution is -2.52. The number of nitrogens with one attached hydrogen (secondary N) is 1. The van der Waals surface area contributed by atoms with Gasteiger partial charge in [-0.25, -0.2) is 14.6 Å². The van der Waals surface area contributed by atoms with Gasteiger partial charge in [0, 0.05) is 54.9 Å². The van der Waals surface area contributed by atoms with Crippen LogP contribution in [0.1, 0.15) is 48.6 Å². The summed E-state index contributed by atoms with van der Waals surface area (Å²) in [4.78, 5) is 38.1. The van der Waals surface area contributed by atoms with E-state index in [0.717, 1.165) is 34.8 Å². The van der Waals surface area contributed by atoms with Crippen LogP contribution < -0.4 is 5.32 Å². The topological polar surface area (TPSA) is 96.2 Å². The van der Waals surface area contributed by atoms with E-state index in [0.29, 0.717) is 45.1 Å². The van der Waals surface area contributed by atoms with Gasteiger partial charge in [-0.05, 0) is 47.1 Å². The lowest BCUT2D eigenvalue weighted by atomic mass is 10.1. The molecule has 0 bridgehead atoms. The molecule has 3 heterocycles. The van der Waals surface area contributed by atoms with Crippen LogP contribution in [0.4, 0.5) is 0 Å². The van der Waals surface area contributed by atoms with Crippen LogP contribution in [0.25, 0.3) is 5.95 Å². The molecule has 1 unspecified atom stereocenters. The summed E-state index contributed by atoms with van der Waals surface area (Å²) in [7, 11) is 0. The van der Waals surface area contributed by atoms with Crippen LogP contribution in [0, 0.1) is 27.7 Å². The minimum Gasteiger partial charge on any atom is -0.353 e. The van der Waals surface area contributed by atoms with Crippen molar-refractivity contribution in [3.05, 3.63) is 34.4 Å². The zero-order valence-electron chi connectivity index (χ0n) is 20.1. The van der Waals surface area contributed by atoms with Crippen LogP contribution in [0.5, 0.6) is 0 Å². The van der Waals surface area contributed by atoms with E-state index in [9.17, 15) is 9.59 Å². The van der Waals surface area contributed by atoms with Gasteiger partial charge in [-0.2, -0.15) is 5.10 Å². The molecule has 1 aliphatic heterocycles. The molecule has 9 heteroatoms. The van der Waals surface area contributed by atoms with E-state index in [1.165, 1.54) is 0 Å². The second-order valence-electron chi connectivity index (χ2n) is 8.72. The highest BCUT2D eigenvalue weighted by molar-refractivity contribution is 5.80. The molecule has 9 nitrogen and oxygen atoms in total. The molecular formula is C23H35N7O2. The fraction of sp³-hybridized carbons (Fsp3) is 0.609. The van der Waals surface area contributed by atoms with Crippen molar-refractivity contribution in [3.8, 4) is 5.95 Å². The highest BCUT2D eigenvalue weighted by Gasteiger charge is 2.25. The molecule has 1 fully saturated rings. The maximum atomic E-state index is 13.0. The van der Waals surface area contributed by atoms with Crippen LogP contribution >= 0.6 is 0 Å². The van der Waals surface area contributed by atoms with Gasteiger partial charge in [-0.15, -0.1) is 0 Å². The fourth-order valence-electron chi connectivity index (χ4n) is 3.97. The van der Waals surface area contributed by atoms with Crippen molar-refractivity contribution < 1.29 is 9.59 Å². The van der Waals surface area contributed by atoms with Gasteiger partial charge >= 0.3 is 0 Å². The van der Waals surface area contributed by atoms with E-state index in [-0.39, 0.29) is 17.9 Å². The number of carbonyl (C=O) groups excluding carboxylic acids is 2. The number of hydrogen-bond donors (Lipinski definition) is 1. The Kier molecular flexibility index (Phi) is 7.60. The van der Waals surface area contributed by atoms with Gasteiger partial charge in [0.1, 0.15) is 0 Å². The SMILES string of the molecule is CCC(C)NC(=O)CN1CCN(C(=O)Cc2c(C)nn(-c3nc(C)cc(C)n3)c2C)CC1. The monoisotopic (exact) mass is 441 g/mol. The number of rotatable bonds is 7. The maximum Gasteiger partial charge on any atom is 0.251 e. The predicted octanol–water partition coefficient (Wildman–Crippen LogP) is 1.50. The first-order valence-corrected chi connectivity index (χ1v) is 11.3. The van der Waals surface area contributed by atoms with E-state index >= 15 is 0 Å².